The molecular weight excluding hydrogens is 183 g/mol. The van der Waals surface area contributed by atoms with Crippen LogP contribution in [0.3, 0.4) is 0 Å². The molecule has 0 saturated carbocycles. The molecule has 1 N–H and O–H groups in total. The van der Waals surface area contributed by atoms with Gasteiger partial charge in [-0.3, -0.25) is 4.68 Å². The van der Waals surface area contributed by atoms with E-state index in [1.165, 1.54) is 4.68 Å². The normalized spacial score (nSPS) is 26.4. The van der Waals surface area contributed by atoms with Crippen LogP contribution >= 0.6 is 0 Å². The number of nitrogens with one attached hydrogen (secondary N) is 1. The molecule has 1 aromatic heterocycles. The summed E-state index contributed by atoms with van der Waals surface area (Å²) in [5.74, 6) is 0.0131. The van der Waals surface area contributed by atoms with E-state index in [2.05, 4.69) is 15.6 Å². The maximum atomic E-state index is 14.4. The van der Waals surface area contributed by atoms with Crippen molar-refractivity contribution < 1.29 is 4.39 Å². The van der Waals surface area contributed by atoms with Crippen molar-refractivity contribution in [3.63, 3.8) is 0 Å². The number of hydrogen-bond acceptors (Lipinski definition) is 3. The second kappa shape index (κ2) is 3.31. The maximum absolute atomic E-state index is 14.4. The smallest absolute Gasteiger partial charge is 0.157 e. The first kappa shape index (κ1) is 9.58. The van der Waals surface area contributed by atoms with Gasteiger partial charge in [0.15, 0.2) is 5.67 Å². The van der Waals surface area contributed by atoms with E-state index in [0.29, 0.717) is 5.69 Å². The lowest BCUT2D eigenvalue weighted by molar-refractivity contribution is 0.107. The Morgan fingerprint density at radius 2 is 2.50 bits per heavy atom. The number of aromatic nitrogens is 3. The first-order valence-electron chi connectivity index (χ1n) is 4.87. The van der Waals surface area contributed by atoms with Crippen LogP contribution in [-0.2, 0) is 12.7 Å². The Kier molecular flexibility index (Phi) is 2.26. The van der Waals surface area contributed by atoms with E-state index >= 15 is 0 Å². The molecule has 0 aliphatic carbocycles. The first-order chi connectivity index (χ1) is 6.60. The summed E-state index contributed by atoms with van der Waals surface area (Å²) < 4.78 is 15.9. The topological polar surface area (TPSA) is 42.7 Å². The first-order valence-corrected chi connectivity index (χ1v) is 4.87. The molecule has 1 saturated heterocycles. The predicted octanol–water partition coefficient (Wildman–Crippen LogP) is 0.609. The Labute approximate surface area is 82.5 Å². The van der Waals surface area contributed by atoms with Crippen molar-refractivity contribution in [3.05, 3.63) is 11.9 Å². The summed E-state index contributed by atoms with van der Waals surface area (Å²) in [6.45, 7) is 3.21. The minimum atomic E-state index is -1.36. The van der Waals surface area contributed by atoms with Crippen LogP contribution in [-0.4, -0.2) is 28.1 Å². The third kappa shape index (κ3) is 1.52. The van der Waals surface area contributed by atoms with E-state index in [1.807, 2.05) is 0 Å². The summed E-state index contributed by atoms with van der Waals surface area (Å²) in [4.78, 5) is 0. The van der Waals surface area contributed by atoms with Crippen molar-refractivity contribution in [2.45, 2.75) is 19.0 Å². The van der Waals surface area contributed by atoms with Crippen LogP contribution in [0.1, 0.15) is 19.0 Å². The number of rotatable bonds is 2. The van der Waals surface area contributed by atoms with Gasteiger partial charge in [-0.15, -0.1) is 5.10 Å². The van der Waals surface area contributed by atoms with Gasteiger partial charge in [-0.2, -0.15) is 0 Å². The van der Waals surface area contributed by atoms with Gasteiger partial charge in [0, 0.05) is 19.5 Å². The van der Waals surface area contributed by atoms with Gasteiger partial charge in [-0.1, -0.05) is 5.21 Å². The Hall–Kier alpha value is -0.970. The van der Waals surface area contributed by atoms with Crippen LogP contribution in [0.15, 0.2) is 6.20 Å². The van der Waals surface area contributed by atoms with Gasteiger partial charge in [0.1, 0.15) is 5.69 Å². The Bertz CT molecular complexity index is 314. The zero-order valence-corrected chi connectivity index (χ0v) is 8.50. The molecule has 1 fully saturated rings. The predicted molar refractivity (Wildman–Crippen MR) is 50.4 cm³/mol. The molecule has 0 radical (unpaired) electrons. The minimum Gasteiger partial charge on any atom is -0.316 e. The molecule has 1 aromatic rings. The minimum absolute atomic E-state index is 0.0131. The largest absolute Gasteiger partial charge is 0.316 e. The molecule has 0 bridgehead atoms. The summed E-state index contributed by atoms with van der Waals surface area (Å²) in [6.07, 6.45) is 2.52. The molecule has 2 unspecified atom stereocenters. The quantitative estimate of drug-likeness (QED) is 0.757. The van der Waals surface area contributed by atoms with Crippen molar-refractivity contribution in [2.75, 3.05) is 13.1 Å². The van der Waals surface area contributed by atoms with Crippen LogP contribution < -0.4 is 5.32 Å². The van der Waals surface area contributed by atoms with Crippen molar-refractivity contribution in [1.82, 2.24) is 20.3 Å². The lowest BCUT2D eigenvalue weighted by Gasteiger charge is -2.23. The molecule has 78 valence electrons. The Balaban J connectivity index is 2.22. The third-order valence-electron chi connectivity index (χ3n) is 2.93. The van der Waals surface area contributed by atoms with Gasteiger partial charge in [0.2, 0.25) is 0 Å². The number of alkyl halides is 1. The number of halogens is 1. The standard InChI is InChI=1S/C9H15FN4/c1-9(10,7-3-4-11-5-7)8-6-14(2)13-12-8/h6-7,11H,3-5H2,1-2H3. The SMILES string of the molecule is Cn1cc(C(C)(F)C2CCNC2)nn1. The van der Waals surface area contributed by atoms with E-state index < -0.39 is 5.67 Å². The second-order valence-electron chi connectivity index (χ2n) is 4.04. The van der Waals surface area contributed by atoms with E-state index in [1.54, 1.807) is 20.2 Å². The highest BCUT2D eigenvalue weighted by atomic mass is 19.1. The van der Waals surface area contributed by atoms with Crippen molar-refractivity contribution >= 4 is 0 Å². The second-order valence-corrected chi connectivity index (χ2v) is 4.04. The summed E-state index contributed by atoms with van der Waals surface area (Å²) in [5, 5.41) is 10.8. The van der Waals surface area contributed by atoms with Crippen LogP contribution in [0, 0.1) is 5.92 Å². The van der Waals surface area contributed by atoms with Crippen molar-refractivity contribution in [1.29, 1.82) is 0 Å². The summed E-state index contributed by atoms with van der Waals surface area (Å²) in [7, 11) is 1.75. The highest BCUT2D eigenvalue weighted by molar-refractivity contribution is 5.09. The van der Waals surface area contributed by atoms with Crippen molar-refractivity contribution in [3.8, 4) is 0 Å². The third-order valence-corrected chi connectivity index (χ3v) is 2.93. The molecule has 2 heterocycles. The lowest BCUT2D eigenvalue weighted by Crippen LogP contribution is -2.29. The van der Waals surface area contributed by atoms with Crippen LogP contribution in [0.5, 0.6) is 0 Å². The van der Waals surface area contributed by atoms with E-state index in [-0.39, 0.29) is 5.92 Å². The number of nitrogens with zero attached hydrogens (tertiary/aromatic N) is 3. The molecule has 0 aromatic carbocycles. The molecule has 1 aliphatic heterocycles. The zero-order valence-electron chi connectivity index (χ0n) is 8.50. The molecule has 0 amide bonds. The summed E-state index contributed by atoms with van der Waals surface area (Å²) >= 11 is 0. The monoisotopic (exact) mass is 198 g/mol. The number of hydrogen-bond donors (Lipinski definition) is 1. The van der Waals surface area contributed by atoms with Crippen LogP contribution in [0.4, 0.5) is 4.39 Å². The molecule has 5 heteroatoms. The molecular formula is C9H15FN4. The molecule has 2 rings (SSSR count). The number of aryl methyl sites for hydroxylation is 1. The highest BCUT2D eigenvalue weighted by Gasteiger charge is 2.39. The molecule has 0 spiro atoms. The Morgan fingerprint density at radius 1 is 1.71 bits per heavy atom. The fourth-order valence-electron chi connectivity index (χ4n) is 1.90. The molecule has 4 nitrogen and oxygen atoms in total. The van der Waals surface area contributed by atoms with E-state index in [9.17, 15) is 4.39 Å². The van der Waals surface area contributed by atoms with Crippen molar-refractivity contribution in [2.24, 2.45) is 13.0 Å². The average molecular weight is 198 g/mol. The fourth-order valence-corrected chi connectivity index (χ4v) is 1.90. The van der Waals surface area contributed by atoms with Gasteiger partial charge >= 0.3 is 0 Å². The van der Waals surface area contributed by atoms with Crippen LogP contribution in [0.2, 0.25) is 0 Å². The summed E-state index contributed by atoms with van der Waals surface area (Å²) in [6, 6.07) is 0. The maximum Gasteiger partial charge on any atom is 0.157 e. The highest BCUT2D eigenvalue weighted by Crippen LogP contribution is 2.35. The van der Waals surface area contributed by atoms with Crippen LogP contribution in [0.25, 0.3) is 0 Å². The average Bonchev–Trinajstić information content (AvgIpc) is 2.72. The van der Waals surface area contributed by atoms with Gasteiger partial charge in [0.25, 0.3) is 0 Å². The van der Waals surface area contributed by atoms with Gasteiger partial charge in [-0.25, -0.2) is 4.39 Å². The molecule has 1 aliphatic rings. The Morgan fingerprint density at radius 3 is 3.00 bits per heavy atom. The van der Waals surface area contributed by atoms with E-state index in [4.69, 9.17) is 0 Å². The summed E-state index contributed by atoms with van der Waals surface area (Å²) in [5.41, 5.74) is -0.925. The fraction of sp³-hybridized carbons (Fsp3) is 0.778. The van der Waals surface area contributed by atoms with E-state index in [0.717, 1.165) is 19.5 Å². The molecule has 2 atom stereocenters. The lowest BCUT2D eigenvalue weighted by atomic mass is 9.88. The zero-order chi connectivity index (χ0) is 10.2. The van der Waals surface area contributed by atoms with Gasteiger partial charge < -0.3 is 5.32 Å². The van der Waals surface area contributed by atoms with Gasteiger partial charge in [0.05, 0.1) is 6.20 Å². The van der Waals surface area contributed by atoms with Gasteiger partial charge in [-0.05, 0) is 19.9 Å². The molecule has 14 heavy (non-hydrogen) atoms.